The minimum absolute atomic E-state index is 0.153. The molecule has 0 aromatic carbocycles. The van der Waals surface area contributed by atoms with Crippen molar-refractivity contribution < 1.29 is 0 Å². The maximum atomic E-state index is 11.8. The average Bonchev–Trinajstić information content (AvgIpc) is 2.65. The van der Waals surface area contributed by atoms with Gasteiger partial charge in [0.1, 0.15) is 4.47 Å². The number of hydrogen-bond acceptors (Lipinski definition) is 5. The molecule has 0 bridgehead atoms. The third kappa shape index (κ3) is 2.01. The predicted molar refractivity (Wildman–Crippen MR) is 58.8 cm³/mol. The molecule has 0 saturated heterocycles. The Labute approximate surface area is 99.2 Å². The molecule has 0 unspecified atom stereocenters. The fraction of sp³-hybridized carbons (Fsp3) is 0.375. The molecule has 0 aliphatic carbocycles. The third-order valence-corrected chi connectivity index (χ3v) is 2.93. The molecule has 2 rings (SSSR count). The second kappa shape index (κ2) is 4.12. The van der Waals surface area contributed by atoms with Gasteiger partial charge < -0.3 is 0 Å². The molecule has 0 N–H and O–H groups in total. The van der Waals surface area contributed by atoms with Crippen molar-refractivity contribution in [2.45, 2.75) is 13.5 Å². The van der Waals surface area contributed by atoms with E-state index in [0.717, 1.165) is 0 Å². The van der Waals surface area contributed by atoms with E-state index in [1.807, 2.05) is 0 Å². The largest absolute Gasteiger partial charge is 0.290 e. The number of hydrogen-bond donors (Lipinski definition) is 0. The zero-order chi connectivity index (χ0) is 11.7. The summed E-state index contributed by atoms with van der Waals surface area (Å²) in [6.07, 6.45) is 1.47. The molecule has 16 heavy (non-hydrogen) atoms. The first kappa shape index (κ1) is 10.9. The van der Waals surface area contributed by atoms with Gasteiger partial charge in [-0.3, -0.25) is 9.36 Å². The smallest absolute Gasteiger partial charge is 0.268 e. The Hall–Kier alpha value is -1.57. The van der Waals surface area contributed by atoms with E-state index in [4.69, 9.17) is 0 Å². The van der Waals surface area contributed by atoms with Crippen LogP contribution < -0.4 is 5.56 Å². The Morgan fingerprint density at radius 3 is 2.88 bits per heavy atom. The van der Waals surface area contributed by atoms with Crippen molar-refractivity contribution in [1.29, 1.82) is 0 Å². The summed E-state index contributed by atoms with van der Waals surface area (Å²) in [5, 5.41) is 11.5. The van der Waals surface area contributed by atoms with Crippen molar-refractivity contribution in [3.8, 4) is 0 Å². The lowest BCUT2D eigenvalue weighted by Gasteiger charge is -2.03. The molecule has 0 radical (unpaired) electrons. The van der Waals surface area contributed by atoms with Crippen LogP contribution >= 0.6 is 15.9 Å². The van der Waals surface area contributed by atoms with E-state index in [1.165, 1.54) is 15.7 Å². The van der Waals surface area contributed by atoms with Crippen LogP contribution in [0.25, 0.3) is 0 Å². The molecule has 2 heterocycles. The minimum atomic E-state index is -0.153. The Kier molecular flexibility index (Phi) is 2.82. The molecule has 2 aromatic rings. The lowest BCUT2D eigenvalue weighted by atomic mass is 10.4. The zero-order valence-corrected chi connectivity index (χ0v) is 10.3. The lowest BCUT2D eigenvalue weighted by Crippen LogP contribution is -2.23. The predicted octanol–water partition coefficient (Wildman–Crippen LogP) is -0.114. The molecule has 0 fully saturated rings. The van der Waals surface area contributed by atoms with Gasteiger partial charge in [-0.25, -0.2) is 4.98 Å². The summed E-state index contributed by atoms with van der Waals surface area (Å²) in [6, 6.07) is 0. The summed E-state index contributed by atoms with van der Waals surface area (Å²) in [7, 11) is 1.67. The van der Waals surface area contributed by atoms with Gasteiger partial charge in [0.05, 0.1) is 25.6 Å². The van der Waals surface area contributed by atoms with Gasteiger partial charge in [-0.15, -0.1) is 10.2 Å². The van der Waals surface area contributed by atoms with E-state index in [2.05, 4.69) is 36.3 Å². The second-order valence-corrected chi connectivity index (χ2v) is 4.07. The summed E-state index contributed by atoms with van der Waals surface area (Å²) < 4.78 is 1.88. The number of aromatic nitrogens is 6. The Balaban J connectivity index is 2.36. The van der Waals surface area contributed by atoms with Gasteiger partial charge in [0.15, 0.2) is 5.82 Å². The highest BCUT2D eigenvalue weighted by Gasteiger charge is 2.08. The van der Waals surface area contributed by atoms with Gasteiger partial charge in [-0.2, -0.15) is 4.80 Å². The molecule has 0 spiro atoms. The van der Waals surface area contributed by atoms with Crippen molar-refractivity contribution in [3.63, 3.8) is 0 Å². The molecule has 84 valence electrons. The quantitative estimate of drug-likeness (QED) is 0.769. The maximum Gasteiger partial charge on any atom is 0.268 e. The SMILES string of the molecule is Cc1ncn(Cc2nnn(C)n2)c(=O)c1Br. The number of rotatable bonds is 2. The molecular weight excluding hydrogens is 276 g/mol. The normalized spacial score (nSPS) is 10.7. The molecule has 2 aromatic heterocycles. The first-order chi connectivity index (χ1) is 7.58. The van der Waals surface area contributed by atoms with Crippen molar-refractivity contribution in [2.24, 2.45) is 7.05 Å². The second-order valence-electron chi connectivity index (χ2n) is 3.27. The van der Waals surface area contributed by atoms with Crippen molar-refractivity contribution in [3.05, 3.63) is 32.7 Å². The first-order valence-corrected chi connectivity index (χ1v) is 5.31. The van der Waals surface area contributed by atoms with E-state index in [9.17, 15) is 4.79 Å². The third-order valence-electron chi connectivity index (χ3n) is 2.02. The lowest BCUT2D eigenvalue weighted by molar-refractivity contribution is 0.622. The minimum Gasteiger partial charge on any atom is -0.290 e. The molecule has 0 aliphatic heterocycles. The number of aryl methyl sites for hydroxylation is 2. The van der Waals surface area contributed by atoms with Crippen molar-refractivity contribution in [1.82, 2.24) is 29.8 Å². The number of nitrogens with zero attached hydrogens (tertiary/aromatic N) is 6. The number of tetrazole rings is 1. The van der Waals surface area contributed by atoms with E-state index >= 15 is 0 Å². The van der Waals surface area contributed by atoms with Crippen LogP contribution in [-0.4, -0.2) is 29.8 Å². The summed E-state index contributed by atoms with van der Waals surface area (Å²) in [6.45, 7) is 2.02. The van der Waals surface area contributed by atoms with Crippen molar-refractivity contribution in [2.75, 3.05) is 0 Å². The van der Waals surface area contributed by atoms with Crippen LogP contribution in [-0.2, 0) is 13.6 Å². The van der Waals surface area contributed by atoms with Crippen LogP contribution in [0.2, 0.25) is 0 Å². The summed E-state index contributed by atoms with van der Waals surface area (Å²) in [5.41, 5.74) is 0.508. The molecule has 7 nitrogen and oxygen atoms in total. The van der Waals surface area contributed by atoms with E-state index in [-0.39, 0.29) is 12.1 Å². The van der Waals surface area contributed by atoms with Gasteiger partial charge in [0, 0.05) is 0 Å². The van der Waals surface area contributed by atoms with E-state index in [1.54, 1.807) is 14.0 Å². The first-order valence-electron chi connectivity index (χ1n) is 4.52. The highest BCUT2D eigenvalue weighted by Crippen LogP contribution is 2.06. The fourth-order valence-corrected chi connectivity index (χ4v) is 1.53. The van der Waals surface area contributed by atoms with E-state index in [0.29, 0.717) is 16.0 Å². The Morgan fingerprint density at radius 1 is 1.50 bits per heavy atom. The molecular formula is C8H9BrN6O. The van der Waals surface area contributed by atoms with Gasteiger partial charge in [-0.05, 0) is 28.1 Å². The highest BCUT2D eigenvalue weighted by molar-refractivity contribution is 9.10. The Bertz CT molecular complexity index is 574. The molecule has 0 amide bonds. The van der Waals surface area contributed by atoms with Crippen LogP contribution in [0.4, 0.5) is 0 Å². The van der Waals surface area contributed by atoms with Gasteiger partial charge in [-0.1, -0.05) is 0 Å². The Morgan fingerprint density at radius 2 is 2.25 bits per heavy atom. The zero-order valence-electron chi connectivity index (χ0n) is 8.75. The molecule has 0 atom stereocenters. The van der Waals surface area contributed by atoms with Crippen LogP contribution in [0.5, 0.6) is 0 Å². The molecule has 0 saturated carbocycles. The average molecular weight is 285 g/mol. The van der Waals surface area contributed by atoms with Crippen molar-refractivity contribution >= 4 is 15.9 Å². The topological polar surface area (TPSA) is 78.5 Å². The van der Waals surface area contributed by atoms with Crippen LogP contribution in [0.1, 0.15) is 11.5 Å². The standard InChI is InChI=1S/C8H9BrN6O/c1-5-7(9)8(16)15(4-10-5)3-6-11-13-14(2)12-6/h4H,3H2,1-2H3. The monoisotopic (exact) mass is 284 g/mol. The molecule has 8 heteroatoms. The van der Waals surface area contributed by atoms with Gasteiger partial charge >= 0.3 is 0 Å². The molecule has 0 aliphatic rings. The summed E-state index contributed by atoms with van der Waals surface area (Å²) in [4.78, 5) is 17.2. The maximum absolute atomic E-state index is 11.8. The van der Waals surface area contributed by atoms with Crippen LogP contribution in [0, 0.1) is 6.92 Å². The summed E-state index contributed by atoms with van der Waals surface area (Å²) in [5.74, 6) is 0.474. The van der Waals surface area contributed by atoms with E-state index < -0.39 is 0 Å². The summed E-state index contributed by atoms with van der Waals surface area (Å²) >= 11 is 3.19. The van der Waals surface area contributed by atoms with Crippen LogP contribution in [0.15, 0.2) is 15.6 Å². The fourth-order valence-electron chi connectivity index (χ4n) is 1.20. The van der Waals surface area contributed by atoms with Gasteiger partial charge in [0.25, 0.3) is 5.56 Å². The highest BCUT2D eigenvalue weighted by atomic mass is 79.9. The van der Waals surface area contributed by atoms with Gasteiger partial charge in [0.2, 0.25) is 0 Å². The van der Waals surface area contributed by atoms with Crippen LogP contribution in [0.3, 0.4) is 0 Å². The number of halogens is 1.